The minimum atomic E-state index is 0.156. The van der Waals surface area contributed by atoms with Crippen LogP contribution in [0.4, 0.5) is 0 Å². The molecule has 0 spiro atoms. The second-order valence-electron chi connectivity index (χ2n) is 7.33. The lowest BCUT2D eigenvalue weighted by molar-refractivity contribution is -0.133. The zero-order valence-corrected chi connectivity index (χ0v) is 16.6. The molecule has 0 N–H and O–H groups in total. The molecule has 6 nitrogen and oxygen atoms in total. The van der Waals surface area contributed by atoms with Crippen molar-refractivity contribution in [3.8, 4) is 5.75 Å². The smallest absolute Gasteiger partial charge is 0.244 e. The maximum Gasteiger partial charge on any atom is 0.244 e. The van der Waals surface area contributed by atoms with Crippen LogP contribution in [-0.2, 0) is 11.3 Å². The highest BCUT2D eigenvalue weighted by Gasteiger charge is 2.21. The molecule has 27 heavy (non-hydrogen) atoms. The van der Waals surface area contributed by atoms with Crippen molar-refractivity contribution in [1.29, 1.82) is 0 Å². The molecule has 1 fully saturated rings. The number of amides is 1. The summed E-state index contributed by atoms with van der Waals surface area (Å²) >= 11 is 0. The fourth-order valence-electron chi connectivity index (χ4n) is 3.47. The summed E-state index contributed by atoms with van der Waals surface area (Å²) in [4.78, 5) is 16.9. The second-order valence-corrected chi connectivity index (χ2v) is 7.33. The number of carbonyl (C=O) groups is 1. The van der Waals surface area contributed by atoms with Gasteiger partial charge in [-0.15, -0.1) is 0 Å². The van der Waals surface area contributed by atoms with Gasteiger partial charge in [-0.25, -0.2) is 0 Å². The van der Waals surface area contributed by atoms with Crippen LogP contribution in [0.1, 0.15) is 23.4 Å². The molecule has 0 unspecified atom stereocenters. The van der Waals surface area contributed by atoms with E-state index in [1.807, 2.05) is 36.9 Å². The van der Waals surface area contributed by atoms with Gasteiger partial charge in [0.15, 0.2) is 0 Å². The minimum absolute atomic E-state index is 0.156. The number of piperazine rings is 1. The fourth-order valence-corrected chi connectivity index (χ4v) is 3.47. The van der Waals surface area contributed by atoms with Gasteiger partial charge in [0.2, 0.25) is 5.91 Å². The van der Waals surface area contributed by atoms with Gasteiger partial charge in [-0.05, 0) is 51.0 Å². The first-order valence-electron chi connectivity index (χ1n) is 9.72. The Morgan fingerprint density at radius 2 is 1.89 bits per heavy atom. The topological polar surface area (TPSA) is 50.6 Å². The number of hydrogen-bond acceptors (Lipinski definition) is 4. The number of benzene rings is 1. The monoisotopic (exact) mass is 370 g/mol. The molecule has 0 aliphatic carbocycles. The van der Waals surface area contributed by atoms with Gasteiger partial charge in [0.25, 0.3) is 0 Å². The van der Waals surface area contributed by atoms with Crippen molar-refractivity contribution >= 4 is 5.91 Å². The van der Waals surface area contributed by atoms with Crippen molar-refractivity contribution in [1.82, 2.24) is 19.6 Å². The average Bonchev–Trinajstić information content (AvgIpc) is 2.96. The van der Waals surface area contributed by atoms with Crippen molar-refractivity contribution in [3.05, 3.63) is 47.3 Å². The van der Waals surface area contributed by atoms with Gasteiger partial charge in [-0.2, -0.15) is 5.10 Å². The highest BCUT2D eigenvalue weighted by atomic mass is 16.5. The molecule has 3 rings (SSSR count). The summed E-state index contributed by atoms with van der Waals surface area (Å²) in [6.07, 6.45) is 0.994. The second kappa shape index (κ2) is 9.04. The Hall–Kier alpha value is -2.34. The van der Waals surface area contributed by atoms with Gasteiger partial charge in [-0.3, -0.25) is 14.4 Å². The number of aromatic nitrogens is 2. The fraction of sp³-hybridized carbons (Fsp3) is 0.524. The Balaban J connectivity index is 1.35. The van der Waals surface area contributed by atoms with E-state index in [1.165, 1.54) is 5.56 Å². The highest BCUT2D eigenvalue weighted by Crippen LogP contribution is 2.13. The molecule has 1 amide bonds. The molecule has 2 heterocycles. The number of rotatable bonds is 7. The summed E-state index contributed by atoms with van der Waals surface area (Å²) < 4.78 is 7.61. The van der Waals surface area contributed by atoms with E-state index in [0.29, 0.717) is 6.54 Å². The molecule has 6 heteroatoms. The Kier molecular flexibility index (Phi) is 6.50. The summed E-state index contributed by atoms with van der Waals surface area (Å²) in [5.74, 6) is 1.10. The quantitative estimate of drug-likeness (QED) is 0.703. The van der Waals surface area contributed by atoms with Crippen LogP contribution in [0.5, 0.6) is 5.75 Å². The lowest BCUT2D eigenvalue weighted by Crippen LogP contribution is -2.49. The van der Waals surface area contributed by atoms with Crippen molar-refractivity contribution in [2.24, 2.45) is 0 Å². The number of nitrogens with zero attached hydrogens (tertiary/aromatic N) is 4. The largest absolute Gasteiger partial charge is 0.494 e. The van der Waals surface area contributed by atoms with E-state index in [2.05, 4.69) is 29.1 Å². The summed E-state index contributed by atoms with van der Waals surface area (Å²) in [6.45, 7) is 11.5. The summed E-state index contributed by atoms with van der Waals surface area (Å²) in [6, 6.07) is 10.2. The lowest BCUT2D eigenvalue weighted by Gasteiger charge is -2.34. The molecular formula is C21H30N4O2. The minimum Gasteiger partial charge on any atom is -0.494 e. The first-order valence-corrected chi connectivity index (χ1v) is 9.72. The molecule has 0 bridgehead atoms. The molecule has 2 aromatic rings. The van der Waals surface area contributed by atoms with E-state index >= 15 is 0 Å². The van der Waals surface area contributed by atoms with Gasteiger partial charge in [0.05, 0.1) is 12.3 Å². The summed E-state index contributed by atoms with van der Waals surface area (Å²) in [7, 11) is 0. The lowest BCUT2D eigenvalue weighted by atomic mass is 10.2. The van der Waals surface area contributed by atoms with Crippen LogP contribution < -0.4 is 4.74 Å². The van der Waals surface area contributed by atoms with E-state index in [0.717, 1.165) is 62.9 Å². The van der Waals surface area contributed by atoms with Crippen LogP contribution in [0.3, 0.4) is 0 Å². The van der Waals surface area contributed by atoms with Crippen LogP contribution in [0.15, 0.2) is 30.3 Å². The number of hydrogen-bond donors (Lipinski definition) is 0. The van der Waals surface area contributed by atoms with Crippen LogP contribution >= 0.6 is 0 Å². The van der Waals surface area contributed by atoms with Gasteiger partial charge in [0, 0.05) is 38.4 Å². The molecule has 146 valence electrons. The Bertz CT molecular complexity index is 763. The van der Waals surface area contributed by atoms with Gasteiger partial charge >= 0.3 is 0 Å². The standard InChI is InChI=1S/C21H30N4O2/c1-17-6-4-7-20(14-17)27-13-5-8-23-9-11-24(12-10-23)21(26)16-25-19(3)15-18(2)22-25/h4,6-7,14-15H,5,8-13,16H2,1-3H3. The van der Waals surface area contributed by atoms with Crippen LogP contribution in [0, 0.1) is 20.8 Å². The molecule has 0 saturated carbocycles. The van der Waals surface area contributed by atoms with E-state index in [1.54, 1.807) is 4.68 Å². The SMILES string of the molecule is Cc1cccc(OCCCN2CCN(C(=O)Cn3nc(C)cc3C)CC2)c1. The highest BCUT2D eigenvalue weighted by molar-refractivity contribution is 5.76. The van der Waals surface area contributed by atoms with E-state index in [4.69, 9.17) is 4.74 Å². The molecule has 1 aromatic carbocycles. The van der Waals surface area contributed by atoms with Crippen LogP contribution in [-0.4, -0.2) is 64.8 Å². The predicted octanol–water partition coefficient (Wildman–Crippen LogP) is 2.42. The van der Waals surface area contributed by atoms with Gasteiger partial charge < -0.3 is 9.64 Å². The maximum atomic E-state index is 12.5. The predicted molar refractivity (Wildman–Crippen MR) is 106 cm³/mol. The first kappa shape index (κ1) is 19.4. The molecule has 1 aliphatic heterocycles. The Morgan fingerprint density at radius 1 is 1.11 bits per heavy atom. The Labute approximate surface area is 161 Å². The molecule has 0 radical (unpaired) electrons. The number of carbonyl (C=O) groups excluding carboxylic acids is 1. The van der Waals surface area contributed by atoms with Crippen molar-refractivity contribution < 1.29 is 9.53 Å². The van der Waals surface area contributed by atoms with E-state index in [-0.39, 0.29) is 5.91 Å². The molecule has 1 aromatic heterocycles. The number of ether oxygens (including phenoxy) is 1. The van der Waals surface area contributed by atoms with Gasteiger partial charge in [-0.1, -0.05) is 12.1 Å². The zero-order valence-electron chi connectivity index (χ0n) is 16.6. The van der Waals surface area contributed by atoms with E-state index < -0.39 is 0 Å². The number of aryl methyl sites for hydroxylation is 3. The normalized spacial score (nSPS) is 15.1. The van der Waals surface area contributed by atoms with E-state index in [9.17, 15) is 4.79 Å². The Morgan fingerprint density at radius 3 is 2.56 bits per heavy atom. The maximum absolute atomic E-state index is 12.5. The average molecular weight is 370 g/mol. The van der Waals surface area contributed by atoms with Crippen molar-refractivity contribution in [2.45, 2.75) is 33.7 Å². The summed E-state index contributed by atoms with van der Waals surface area (Å²) in [5, 5.41) is 4.39. The molecule has 0 atom stereocenters. The third-order valence-corrected chi connectivity index (χ3v) is 4.99. The third-order valence-electron chi connectivity index (χ3n) is 4.99. The third kappa shape index (κ3) is 5.57. The molecule has 1 saturated heterocycles. The van der Waals surface area contributed by atoms with Crippen molar-refractivity contribution in [3.63, 3.8) is 0 Å². The first-order chi connectivity index (χ1) is 13.0. The van der Waals surface area contributed by atoms with Gasteiger partial charge in [0.1, 0.15) is 12.3 Å². The zero-order chi connectivity index (χ0) is 19.2. The molecular weight excluding hydrogens is 340 g/mol. The summed E-state index contributed by atoms with van der Waals surface area (Å²) in [5.41, 5.74) is 3.21. The van der Waals surface area contributed by atoms with Crippen LogP contribution in [0.25, 0.3) is 0 Å². The van der Waals surface area contributed by atoms with Crippen molar-refractivity contribution in [2.75, 3.05) is 39.3 Å². The van der Waals surface area contributed by atoms with Crippen LogP contribution in [0.2, 0.25) is 0 Å². The molecule has 1 aliphatic rings.